The Balaban J connectivity index is 2.00. The average molecular weight is 319 g/mol. The summed E-state index contributed by atoms with van der Waals surface area (Å²) in [5.74, 6) is -0.600. The van der Waals surface area contributed by atoms with Crippen LogP contribution in [0.4, 0.5) is 11.4 Å². The van der Waals surface area contributed by atoms with E-state index in [0.717, 1.165) is 18.2 Å². The van der Waals surface area contributed by atoms with E-state index >= 15 is 0 Å². The fourth-order valence-electron chi connectivity index (χ4n) is 1.91. The predicted molar refractivity (Wildman–Crippen MR) is 78.9 cm³/mol. The molecule has 0 aliphatic rings. The van der Waals surface area contributed by atoms with Crippen LogP contribution in [0.25, 0.3) is 0 Å². The zero-order valence-electron chi connectivity index (χ0n) is 11.9. The Hall–Kier alpha value is -3.30. The van der Waals surface area contributed by atoms with Gasteiger partial charge in [-0.15, -0.1) is 0 Å². The molecule has 1 aromatic carbocycles. The lowest BCUT2D eigenvalue weighted by Crippen LogP contribution is -2.25. The standard InChI is InChI=1S/C13H13N5O5/c19-13(14-3-1-5-16-6-2-4-15-16)10-7-11(17(20)21)9-12(8-10)18(22)23/h2,4,6-9H,1,3,5H2,(H,14,19). The molecule has 23 heavy (non-hydrogen) atoms. The van der Waals surface area contributed by atoms with Crippen LogP contribution in [0.2, 0.25) is 0 Å². The number of rotatable bonds is 7. The van der Waals surface area contributed by atoms with Gasteiger partial charge in [0.05, 0.1) is 21.5 Å². The summed E-state index contributed by atoms with van der Waals surface area (Å²) in [6.45, 7) is 0.914. The first-order valence-electron chi connectivity index (χ1n) is 6.67. The minimum Gasteiger partial charge on any atom is -0.352 e. The third-order valence-corrected chi connectivity index (χ3v) is 3.00. The van der Waals surface area contributed by atoms with Crippen molar-refractivity contribution in [1.29, 1.82) is 0 Å². The van der Waals surface area contributed by atoms with E-state index in [1.165, 1.54) is 0 Å². The monoisotopic (exact) mass is 319 g/mol. The molecule has 0 aliphatic heterocycles. The number of nitro groups is 2. The number of non-ortho nitro benzene ring substituents is 2. The first kappa shape index (κ1) is 16.1. The molecule has 0 atom stereocenters. The van der Waals surface area contributed by atoms with Crippen molar-refractivity contribution in [3.63, 3.8) is 0 Å². The summed E-state index contributed by atoms with van der Waals surface area (Å²) in [7, 11) is 0. The Morgan fingerprint density at radius 3 is 2.35 bits per heavy atom. The lowest BCUT2D eigenvalue weighted by molar-refractivity contribution is -0.394. The lowest BCUT2D eigenvalue weighted by atomic mass is 10.1. The molecule has 1 amide bonds. The molecule has 1 heterocycles. The molecule has 10 heteroatoms. The van der Waals surface area contributed by atoms with E-state index in [-0.39, 0.29) is 5.56 Å². The summed E-state index contributed by atoms with van der Waals surface area (Å²) < 4.78 is 1.70. The Morgan fingerprint density at radius 2 is 1.83 bits per heavy atom. The number of nitro benzene ring substituents is 2. The molecular formula is C13H13N5O5. The van der Waals surface area contributed by atoms with Gasteiger partial charge in [-0.1, -0.05) is 0 Å². The minimum atomic E-state index is -0.776. The predicted octanol–water partition coefficient (Wildman–Crippen LogP) is 1.52. The van der Waals surface area contributed by atoms with E-state index in [9.17, 15) is 25.0 Å². The molecule has 1 N–H and O–H groups in total. The fourth-order valence-corrected chi connectivity index (χ4v) is 1.91. The van der Waals surface area contributed by atoms with Gasteiger partial charge in [0.15, 0.2) is 0 Å². The largest absolute Gasteiger partial charge is 0.352 e. The molecule has 1 aromatic heterocycles. The van der Waals surface area contributed by atoms with Crippen LogP contribution in [-0.4, -0.2) is 32.1 Å². The second-order valence-corrected chi connectivity index (χ2v) is 4.63. The number of amides is 1. The summed E-state index contributed by atoms with van der Waals surface area (Å²) in [4.78, 5) is 32.0. The zero-order valence-corrected chi connectivity index (χ0v) is 11.9. The Morgan fingerprint density at radius 1 is 1.17 bits per heavy atom. The van der Waals surface area contributed by atoms with Crippen molar-refractivity contribution in [2.24, 2.45) is 0 Å². The van der Waals surface area contributed by atoms with E-state index in [0.29, 0.717) is 19.5 Å². The number of carbonyl (C=O) groups excluding carboxylic acids is 1. The van der Waals surface area contributed by atoms with Gasteiger partial charge in [0.25, 0.3) is 17.3 Å². The first-order valence-corrected chi connectivity index (χ1v) is 6.67. The molecule has 0 unspecified atom stereocenters. The molecule has 0 fully saturated rings. The van der Waals surface area contributed by atoms with Crippen LogP contribution in [-0.2, 0) is 6.54 Å². The second kappa shape index (κ2) is 7.11. The smallest absolute Gasteiger partial charge is 0.277 e. The van der Waals surface area contributed by atoms with Crippen LogP contribution in [0.1, 0.15) is 16.8 Å². The minimum absolute atomic E-state index is 0.120. The van der Waals surface area contributed by atoms with Crippen LogP contribution >= 0.6 is 0 Å². The van der Waals surface area contributed by atoms with Crippen LogP contribution in [0.3, 0.4) is 0 Å². The highest BCUT2D eigenvalue weighted by Gasteiger charge is 2.19. The maximum atomic E-state index is 12.0. The number of hydrogen-bond donors (Lipinski definition) is 1. The van der Waals surface area contributed by atoms with Crippen LogP contribution in [0.15, 0.2) is 36.7 Å². The van der Waals surface area contributed by atoms with E-state index < -0.39 is 27.1 Å². The highest BCUT2D eigenvalue weighted by molar-refractivity contribution is 5.95. The highest BCUT2D eigenvalue weighted by atomic mass is 16.6. The first-order chi connectivity index (χ1) is 11.0. The molecule has 0 saturated heterocycles. The van der Waals surface area contributed by atoms with Gasteiger partial charge >= 0.3 is 0 Å². The van der Waals surface area contributed by atoms with Gasteiger partial charge in [0, 0.05) is 37.6 Å². The molecule has 2 rings (SSSR count). The molecule has 0 aliphatic carbocycles. The van der Waals surface area contributed by atoms with Gasteiger partial charge in [-0.25, -0.2) is 0 Å². The summed E-state index contributed by atoms with van der Waals surface area (Å²) >= 11 is 0. The van der Waals surface area contributed by atoms with E-state index in [4.69, 9.17) is 0 Å². The molecule has 0 saturated carbocycles. The Labute approximate surface area is 130 Å². The zero-order chi connectivity index (χ0) is 16.8. The fraction of sp³-hybridized carbons (Fsp3) is 0.231. The lowest BCUT2D eigenvalue weighted by Gasteiger charge is -2.05. The SMILES string of the molecule is O=C(NCCCn1cccn1)c1cc([N+](=O)[O-])cc([N+](=O)[O-])c1. The number of aryl methyl sites for hydroxylation is 1. The van der Waals surface area contributed by atoms with Gasteiger partial charge in [-0.3, -0.25) is 29.7 Å². The van der Waals surface area contributed by atoms with Crippen LogP contribution in [0.5, 0.6) is 0 Å². The number of aromatic nitrogens is 2. The van der Waals surface area contributed by atoms with E-state index in [1.807, 2.05) is 0 Å². The summed E-state index contributed by atoms with van der Waals surface area (Å²) in [5.41, 5.74) is -1.12. The number of nitrogens with zero attached hydrogens (tertiary/aromatic N) is 4. The molecule has 0 bridgehead atoms. The maximum absolute atomic E-state index is 12.0. The summed E-state index contributed by atoms with van der Waals surface area (Å²) in [5, 5.41) is 28.1. The van der Waals surface area contributed by atoms with Crippen LogP contribution in [0, 0.1) is 20.2 Å². The van der Waals surface area contributed by atoms with E-state index in [2.05, 4.69) is 10.4 Å². The van der Waals surface area contributed by atoms with Gasteiger partial charge in [-0.05, 0) is 12.5 Å². The topological polar surface area (TPSA) is 133 Å². The number of benzene rings is 1. The van der Waals surface area contributed by atoms with Gasteiger partial charge in [-0.2, -0.15) is 5.10 Å². The summed E-state index contributed by atoms with van der Waals surface area (Å²) in [6, 6.07) is 4.61. The Bertz CT molecular complexity index is 696. The third kappa shape index (κ3) is 4.33. The van der Waals surface area contributed by atoms with Crippen molar-refractivity contribution >= 4 is 17.3 Å². The molecule has 2 aromatic rings. The number of carbonyl (C=O) groups is 1. The summed E-state index contributed by atoms with van der Waals surface area (Å²) in [6.07, 6.45) is 4.02. The molecule has 0 radical (unpaired) electrons. The van der Waals surface area contributed by atoms with Crippen molar-refractivity contribution < 1.29 is 14.6 Å². The van der Waals surface area contributed by atoms with Gasteiger partial charge in [0.1, 0.15) is 0 Å². The average Bonchev–Trinajstić information content (AvgIpc) is 3.04. The van der Waals surface area contributed by atoms with E-state index in [1.54, 1.807) is 23.1 Å². The Kier molecular flexibility index (Phi) is 4.97. The van der Waals surface area contributed by atoms with Crippen molar-refractivity contribution in [1.82, 2.24) is 15.1 Å². The normalized spacial score (nSPS) is 10.3. The quantitative estimate of drug-likeness (QED) is 0.467. The van der Waals surface area contributed by atoms with Crippen molar-refractivity contribution in [3.8, 4) is 0 Å². The maximum Gasteiger partial charge on any atom is 0.277 e. The third-order valence-electron chi connectivity index (χ3n) is 3.00. The van der Waals surface area contributed by atoms with Crippen molar-refractivity contribution in [2.45, 2.75) is 13.0 Å². The van der Waals surface area contributed by atoms with Crippen LogP contribution < -0.4 is 5.32 Å². The number of hydrogen-bond acceptors (Lipinski definition) is 6. The molecule has 0 spiro atoms. The van der Waals surface area contributed by atoms with Gasteiger partial charge in [0.2, 0.25) is 0 Å². The number of nitrogens with one attached hydrogen (secondary N) is 1. The van der Waals surface area contributed by atoms with Crippen molar-refractivity contribution in [3.05, 3.63) is 62.5 Å². The molecular weight excluding hydrogens is 306 g/mol. The highest BCUT2D eigenvalue weighted by Crippen LogP contribution is 2.22. The molecule has 120 valence electrons. The van der Waals surface area contributed by atoms with Crippen molar-refractivity contribution in [2.75, 3.05) is 6.54 Å². The van der Waals surface area contributed by atoms with Gasteiger partial charge < -0.3 is 5.32 Å². The molecule has 10 nitrogen and oxygen atoms in total. The second-order valence-electron chi connectivity index (χ2n) is 4.63.